The molecule has 1 aromatic carbocycles. The first-order valence-electron chi connectivity index (χ1n) is 8.15. The summed E-state index contributed by atoms with van der Waals surface area (Å²) in [5.41, 5.74) is 0.528. The maximum atomic E-state index is 12.8. The van der Waals surface area contributed by atoms with Gasteiger partial charge in [0.1, 0.15) is 24.4 Å². The monoisotopic (exact) mass is 346 g/mol. The summed E-state index contributed by atoms with van der Waals surface area (Å²) in [6.07, 6.45) is 3.17. The molecule has 0 radical (unpaired) electrons. The number of aromatic nitrogens is 3. The van der Waals surface area contributed by atoms with Gasteiger partial charge in [-0.05, 0) is 25.0 Å². The summed E-state index contributed by atoms with van der Waals surface area (Å²) in [6, 6.07) is 5.55. The van der Waals surface area contributed by atoms with Gasteiger partial charge in [-0.3, -0.25) is 9.48 Å². The second-order valence-electron chi connectivity index (χ2n) is 6.01. The Bertz CT molecular complexity index is 826. The molecule has 0 saturated carbocycles. The van der Waals surface area contributed by atoms with Crippen molar-refractivity contribution in [2.45, 2.75) is 25.4 Å². The van der Waals surface area contributed by atoms with Gasteiger partial charge >= 0.3 is 5.69 Å². The highest BCUT2D eigenvalue weighted by atomic mass is 16.5. The average Bonchev–Trinajstić information content (AvgIpc) is 3.23. The van der Waals surface area contributed by atoms with Crippen LogP contribution >= 0.6 is 0 Å². The van der Waals surface area contributed by atoms with Crippen LogP contribution in [0.3, 0.4) is 0 Å². The number of nitrogens with zero attached hydrogens (tertiary/aromatic N) is 4. The number of carbonyl (C=O) groups excluding carboxylic acids is 1. The number of hydrogen-bond donors (Lipinski definition) is 0. The van der Waals surface area contributed by atoms with Crippen LogP contribution in [0.2, 0.25) is 0 Å². The third-order valence-electron chi connectivity index (χ3n) is 4.59. The van der Waals surface area contributed by atoms with Crippen LogP contribution in [0.1, 0.15) is 24.4 Å². The number of amides is 1. The Kier molecular flexibility index (Phi) is 4.78. The molecule has 2 heterocycles. The van der Waals surface area contributed by atoms with Crippen molar-refractivity contribution in [3.05, 3.63) is 40.6 Å². The minimum Gasteiger partial charge on any atom is -0.497 e. The summed E-state index contributed by atoms with van der Waals surface area (Å²) in [5.74, 6) is 1.30. The fourth-order valence-electron chi connectivity index (χ4n) is 3.28. The lowest BCUT2D eigenvalue weighted by atomic mass is 10.0. The molecule has 1 unspecified atom stereocenters. The van der Waals surface area contributed by atoms with E-state index < -0.39 is 5.69 Å². The number of likely N-dealkylation sites (tertiary alicyclic amines) is 1. The zero-order valence-corrected chi connectivity index (χ0v) is 14.6. The number of aryl methyl sites for hydroxylation is 1. The highest BCUT2D eigenvalue weighted by Crippen LogP contribution is 2.38. The van der Waals surface area contributed by atoms with Gasteiger partial charge in [-0.15, -0.1) is 0 Å². The first kappa shape index (κ1) is 17.1. The molecule has 0 N–H and O–H groups in total. The van der Waals surface area contributed by atoms with E-state index in [4.69, 9.17) is 9.47 Å². The summed E-state index contributed by atoms with van der Waals surface area (Å²) in [5, 5.41) is 0. The van der Waals surface area contributed by atoms with Gasteiger partial charge in [0.25, 0.3) is 0 Å². The van der Waals surface area contributed by atoms with Gasteiger partial charge < -0.3 is 14.4 Å². The SMILES string of the molecule is COc1ccc(C2CCCN2C(=O)Cn2c(=O)ncn2C)c(OC)c1. The lowest BCUT2D eigenvalue weighted by Crippen LogP contribution is -2.37. The van der Waals surface area contributed by atoms with Crippen LogP contribution in [0.25, 0.3) is 0 Å². The molecule has 0 spiro atoms. The molecule has 25 heavy (non-hydrogen) atoms. The number of hydrogen-bond acceptors (Lipinski definition) is 5. The van der Waals surface area contributed by atoms with E-state index in [9.17, 15) is 9.59 Å². The molecule has 0 aliphatic carbocycles. The lowest BCUT2D eigenvalue weighted by Gasteiger charge is -2.26. The molecule has 1 aliphatic heterocycles. The first-order valence-corrected chi connectivity index (χ1v) is 8.15. The van der Waals surface area contributed by atoms with E-state index in [0.717, 1.165) is 18.4 Å². The number of ether oxygens (including phenoxy) is 2. The van der Waals surface area contributed by atoms with Crippen LogP contribution in [-0.4, -0.2) is 45.9 Å². The second kappa shape index (κ2) is 7.00. The summed E-state index contributed by atoms with van der Waals surface area (Å²) in [4.78, 5) is 30.0. The van der Waals surface area contributed by atoms with Crippen molar-refractivity contribution in [1.82, 2.24) is 19.2 Å². The van der Waals surface area contributed by atoms with Gasteiger partial charge in [-0.25, -0.2) is 9.48 Å². The van der Waals surface area contributed by atoms with E-state index in [1.54, 1.807) is 21.3 Å². The highest BCUT2D eigenvalue weighted by Gasteiger charge is 2.32. The Labute approximate surface area is 145 Å². The predicted octanol–water partition coefficient (Wildman–Crippen LogP) is 0.963. The molecule has 8 nitrogen and oxygen atoms in total. The summed E-state index contributed by atoms with van der Waals surface area (Å²) in [7, 11) is 4.90. The summed E-state index contributed by atoms with van der Waals surface area (Å²) in [6.45, 7) is 0.635. The largest absolute Gasteiger partial charge is 0.497 e. The van der Waals surface area contributed by atoms with E-state index in [-0.39, 0.29) is 18.5 Å². The normalized spacial score (nSPS) is 16.9. The predicted molar refractivity (Wildman–Crippen MR) is 90.7 cm³/mol. The third kappa shape index (κ3) is 3.24. The Morgan fingerprint density at radius 2 is 2.12 bits per heavy atom. The second-order valence-corrected chi connectivity index (χ2v) is 6.01. The van der Waals surface area contributed by atoms with Gasteiger partial charge in [0.2, 0.25) is 5.91 Å². The molecule has 1 amide bonds. The molecule has 1 atom stereocenters. The molecule has 1 aliphatic rings. The van der Waals surface area contributed by atoms with E-state index in [1.807, 2.05) is 23.1 Å². The van der Waals surface area contributed by atoms with E-state index in [0.29, 0.717) is 18.0 Å². The fourth-order valence-corrected chi connectivity index (χ4v) is 3.28. The van der Waals surface area contributed by atoms with Crippen LogP contribution in [0, 0.1) is 0 Å². The van der Waals surface area contributed by atoms with Crippen molar-refractivity contribution in [1.29, 1.82) is 0 Å². The van der Waals surface area contributed by atoms with Crippen LogP contribution in [0.15, 0.2) is 29.3 Å². The summed E-state index contributed by atoms with van der Waals surface area (Å²) >= 11 is 0. The van der Waals surface area contributed by atoms with Crippen molar-refractivity contribution in [2.75, 3.05) is 20.8 Å². The topological polar surface area (TPSA) is 78.6 Å². The van der Waals surface area contributed by atoms with Gasteiger partial charge in [0, 0.05) is 25.2 Å². The van der Waals surface area contributed by atoms with Crippen molar-refractivity contribution in [3.8, 4) is 11.5 Å². The number of methoxy groups -OCH3 is 2. The third-order valence-corrected chi connectivity index (χ3v) is 4.59. The van der Waals surface area contributed by atoms with E-state index in [1.165, 1.54) is 15.7 Å². The molecule has 8 heteroatoms. The highest BCUT2D eigenvalue weighted by molar-refractivity contribution is 5.77. The van der Waals surface area contributed by atoms with Gasteiger partial charge in [0.05, 0.1) is 20.3 Å². The van der Waals surface area contributed by atoms with Crippen LogP contribution in [0.5, 0.6) is 11.5 Å². The van der Waals surface area contributed by atoms with Crippen molar-refractivity contribution < 1.29 is 14.3 Å². The minimum absolute atomic E-state index is 0.0235. The van der Waals surface area contributed by atoms with Crippen LogP contribution in [-0.2, 0) is 18.4 Å². The maximum Gasteiger partial charge on any atom is 0.364 e. The zero-order chi connectivity index (χ0) is 18.0. The smallest absolute Gasteiger partial charge is 0.364 e. The van der Waals surface area contributed by atoms with Gasteiger partial charge in [-0.2, -0.15) is 4.98 Å². The van der Waals surface area contributed by atoms with Crippen molar-refractivity contribution >= 4 is 5.91 Å². The Hall–Kier alpha value is -2.77. The lowest BCUT2D eigenvalue weighted by molar-refractivity contribution is -0.133. The number of benzene rings is 1. The molecule has 1 saturated heterocycles. The van der Waals surface area contributed by atoms with E-state index in [2.05, 4.69) is 4.98 Å². The molecule has 0 bridgehead atoms. The average molecular weight is 346 g/mol. The van der Waals surface area contributed by atoms with Crippen molar-refractivity contribution in [2.24, 2.45) is 7.05 Å². The molecule has 3 rings (SSSR count). The molecule has 1 aromatic heterocycles. The fraction of sp³-hybridized carbons (Fsp3) is 0.471. The Balaban J connectivity index is 1.85. The molecule has 1 fully saturated rings. The molecular formula is C17H22N4O4. The van der Waals surface area contributed by atoms with Gasteiger partial charge in [0.15, 0.2) is 0 Å². The van der Waals surface area contributed by atoms with Crippen molar-refractivity contribution in [3.63, 3.8) is 0 Å². The zero-order valence-electron chi connectivity index (χ0n) is 14.6. The Morgan fingerprint density at radius 3 is 2.76 bits per heavy atom. The number of carbonyl (C=O) groups is 1. The first-order chi connectivity index (χ1) is 12.0. The summed E-state index contributed by atoms with van der Waals surface area (Å²) < 4.78 is 13.6. The Morgan fingerprint density at radius 1 is 1.32 bits per heavy atom. The quantitative estimate of drug-likeness (QED) is 0.806. The standard InChI is InChI=1S/C17H22N4O4/c1-19-11-18-17(23)21(19)10-16(22)20-8-4-5-14(20)13-7-6-12(24-2)9-15(13)25-3/h6-7,9,11,14H,4-5,8,10H2,1-3H3. The van der Waals surface area contributed by atoms with E-state index >= 15 is 0 Å². The van der Waals surface area contributed by atoms with Gasteiger partial charge in [-0.1, -0.05) is 0 Å². The number of rotatable bonds is 5. The van der Waals surface area contributed by atoms with Crippen LogP contribution < -0.4 is 15.2 Å². The molecule has 2 aromatic rings. The minimum atomic E-state index is -0.423. The maximum absolute atomic E-state index is 12.8. The molecule has 134 valence electrons. The molecular weight excluding hydrogens is 324 g/mol. The van der Waals surface area contributed by atoms with Crippen LogP contribution in [0.4, 0.5) is 0 Å².